The van der Waals surface area contributed by atoms with Crippen molar-refractivity contribution in [2.24, 2.45) is 11.8 Å². The van der Waals surface area contributed by atoms with Crippen molar-refractivity contribution in [3.05, 3.63) is 59.4 Å². The second-order valence-corrected chi connectivity index (χ2v) is 8.28. The number of likely N-dealkylation sites (tertiary alicyclic amines) is 1. The summed E-state index contributed by atoms with van der Waals surface area (Å²) in [7, 11) is 1.58. The van der Waals surface area contributed by atoms with E-state index in [2.05, 4.69) is 5.32 Å². The molecule has 158 valence electrons. The molecular weight excluding hydrogens is 383 g/mol. The number of methoxy groups -OCH3 is 1. The molecule has 4 rings (SSSR count). The Labute approximate surface area is 176 Å². The lowest BCUT2D eigenvalue weighted by Crippen LogP contribution is -2.46. The van der Waals surface area contributed by atoms with Crippen LogP contribution in [0.5, 0.6) is 5.75 Å². The predicted octanol–water partition coefficient (Wildman–Crippen LogP) is 4.47. The van der Waals surface area contributed by atoms with Gasteiger partial charge in [-0.1, -0.05) is 18.2 Å². The van der Waals surface area contributed by atoms with Gasteiger partial charge in [-0.25, -0.2) is 4.39 Å². The highest BCUT2D eigenvalue weighted by Gasteiger charge is 2.41. The maximum Gasteiger partial charge on any atom is 0.229 e. The minimum Gasteiger partial charge on any atom is -0.497 e. The summed E-state index contributed by atoms with van der Waals surface area (Å²) in [5.41, 5.74) is 2.19. The maximum absolute atomic E-state index is 13.7. The molecule has 5 nitrogen and oxygen atoms in total. The highest BCUT2D eigenvalue weighted by atomic mass is 19.1. The number of aryl methyl sites for hydroxylation is 1. The molecule has 1 aliphatic carbocycles. The number of benzene rings is 2. The third kappa shape index (κ3) is 4.32. The van der Waals surface area contributed by atoms with Crippen LogP contribution in [0.25, 0.3) is 0 Å². The largest absolute Gasteiger partial charge is 0.497 e. The van der Waals surface area contributed by atoms with Crippen LogP contribution in [0.4, 0.5) is 10.1 Å². The molecule has 2 amide bonds. The zero-order chi connectivity index (χ0) is 21.3. The Morgan fingerprint density at radius 2 is 1.83 bits per heavy atom. The number of rotatable bonds is 5. The molecule has 1 N–H and O–H groups in total. The van der Waals surface area contributed by atoms with Crippen LogP contribution in [-0.2, 0) is 9.59 Å². The molecule has 0 spiro atoms. The van der Waals surface area contributed by atoms with Gasteiger partial charge in [0, 0.05) is 24.2 Å². The van der Waals surface area contributed by atoms with E-state index in [1.54, 1.807) is 26.2 Å². The van der Waals surface area contributed by atoms with E-state index in [0.717, 1.165) is 18.4 Å². The van der Waals surface area contributed by atoms with Crippen LogP contribution in [-0.4, -0.2) is 30.4 Å². The van der Waals surface area contributed by atoms with E-state index < -0.39 is 0 Å². The van der Waals surface area contributed by atoms with Crippen LogP contribution < -0.4 is 10.1 Å². The maximum atomic E-state index is 13.7. The Morgan fingerprint density at radius 1 is 1.07 bits per heavy atom. The molecule has 0 aromatic heterocycles. The molecule has 0 unspecified atom stereocenters. The number of halogens is 1. The van der Waals surface area contributed by atoms with Gasteiger partial charge in [-0.2, -0.15) is 0 Å². The highest BCUT2D eigenvalue weighted by Crippen LogP contribution is 2.40. The zero-order valence-corrected chi connectivity index (χ0v) is 17.4. The number of hydrogen-bond donors (Lipinski definition) is 1. The van der Waals surface area contributed by atoms with Crippen molar-refractivity contribution < 1.29 is 18.7 Å². The van der Waals surface area contributed by atoms with Crippen molar-refractivity contribution in [1.29, 1.82) is 0 Å². The summed E-state index contributed by atoms with van der Waals surface area (Å²) in [6, 6.07) is 12.2. The quantitative estimate of drug-likeness (QED) is 0.791. The molecule has 0 radical (unpaired) electrons. The van der Waals surface area contributed by atoms with Crippen LogP contribution in [0.15, 0.2) is 42.5 Å². The lowest BCUT2D eigenvalue weighted by Gasteiger charge is -2.40. The molecular formula is C24H27FN2O3. The van der Waals surface area contributed by atoms with Crippen molar-refractivity contribution in [3.63, 3.8) is 0 Å². The minimum atomic E-state index is -0.281. The number of carbonyl (C=O) groups is 2. The van der Waals surface area contributed by atoms with Crippen LogP contribution >= 0.6 is 0 Å². The van der Waals surface area contributed by atoms with E-state index in [0.29, 0.717) is 36.4 Å². The monoisotopic (exact) mass is 410 g/mol. The Bertz CT molecular complexity index is 957. The Kier molecular flexibility index (Phi) is 5.75. The highest BCUT2D eigenvalue weighted by molar-refractivity contribution is 5.93. The molecule has 30 heavy (non-hydrogen) atoms. The fourth-order valence-corrected chi connectivity index (χ4v) is 4.16. The van der Waals surface area contributed by atoms with Crippen molar-refractivity contribution in [3.8, 4) is 5.75 Å². The van der Waals surface area contributed by atoms with Crippen molar-refractivity contribution in [2.75, 3.05) is 19.0 Å². The SMILES string of the molecule is COc1cccc(NC(=O)[C@@H]2CC[C@@H](c3ccc(F)c(C)c3)N(C(=O)C3CC3)C2)c1. The van der Waals surface area contributed by atoms with Gasteiger partial charge in [0.1, 0.15) is 11.6 Å². The molecule has 1 aliphatic heterocycles. The van der Waals surface area contributed by atoms with Crippen LogP contribution in [0.2, 0.25) is 0 Å². The molecule has 2 aliphatic rings. The lowest BCUT2D eigenvalue weighted by atomic mass is 9.87. The summed E-state index contributed by atoms with van der Waals surface area (Å²) in [4.78, 5) is 27.8. The molecule has 1 saturated heterocycles. The van der Waals surface area contributed by atoms with Crippen molar-refractivity contribution in [2.45, 2.75) is 38.6 Å². The van der Waals surface area contributed by atoms with Gasteiger partial charge in [-0.15, -0.1) is 0 Å². The summed E-state index contributed by atoms with van der Waals surface area (Å²) < 4.78 is 19.0. The fraction of sp³-hybridized carbons (Fsp3) is 0.417. The number of carbonyl (C=O) groups excluding carboxylic acids is 2. The zero-order valence-electron chi connectivity index (χ0n) is 17.4. The molecule has 6 heteroatoms. The minimum absolute atomic E-state index is 0.0641. The number of ether oxygens (including phenoxy) is 1. The van der Waals surface area contributed by atoms with Gasteiger partial charge in [-0.05, 0) is 61.9 Å². The number of hydrogen-bond acceptors (Lipinski definition) is 3. The number of nitrogens with one attached hydrogen (secondary N) is 1. The summed E-state index contributed by atoms with van der Waals surface area (Å²) in [5.74, 6) is 0.233. The molecule has 2 aromatic carbocycles. The molecule has 2 fully saturated rings. The van der Waals surface area contributed by atoms with Gasteiger partial charge in [0.05, 0.1) is 19.1 Å². The van der Waals surface area contributed by atoms with Crippen LogP contribution in [0.1, 0.15) is 42.9 Å². The van der Waals surface area contributed by atoms with Crippen LogP contribution in [0.3, 0.4) is 0 Å². The molecule has 2 atom stereocenters. The Morgan fingerprint density at radius 3 is 2.53 bits per heavy atom. The van der Waals surface area contributed by atoms with Gasteiger partial charge < -0.3 is 15.0 Å². The smallest absolute Gasteiger partial charge is 0.229 e. The van der Waals surface area contributed by atoms with E-state index in [4.69, 9.17) is 4.74 Å². The van der Waals surface area contributed by atoms with E-state index in [1.807, 2.05) is 29.2 Å². The fourth-order valence-electron chi connectivity index (χ4n) is 4.16. The first-order valence-corrected chi connectivity index (χ1v) is 10.5. The van der Waals surface area contributed by atoms with Crippen molar-refractivity contribution in [1.82, 2.24) is 4.90 Å². The van der Waals surface area contributed by atoms with Crippen molar-refractivity contribution >= 4 is 17.5 Å². The van der Waals surface area contributed by atoms with E-state index in [1.165, 1.54) is 6.07 Å². The third-order valence-electron chi connectivity index (χ3n) is 6.07. The Hall–Kier alpha value is -2.89. The number of amides is 2. The van der Waals surface area contributed by atoms with Gasteiger partial charge in [0.15, 0.2) is 0 Å². The first-order valence-electron chi connectivity index (χ1n) is 10.5. The first kappa shape index (κ1) is 20.4. The van der Waals surface area contributed by atoms with Gasteiger partial charge >= 0.3 is 0 Å². The number of nitrogens with zero attached hydrogens (tertiary/aromatic N) is 1. The van der Waals surface area contributed by atoms with Gasteiger partial charge in [0.2, 0.25) is 11.8 Å². The molecule has 1 heterocycles. The summed E-state index contributed by atoms with van der Waals surface area (Å²) >= 11 is 0. The topological polar surface area (TPSA) is 58.6 Å². The Balaban J connectivity index is 1.51. The van der Waals surface area contributed by atoms with E-state index in [9.17, 15) is 14.0 Å². The second kappa shape index (κ2) is 8.46. The predicted molar refractivity (Wildman–Crippen MR) is 113 cm³/mol. The molecule has 2 aromatic rings. The molecule has 0 bridgehead atoms. The first-order chi connectivity index (χ1) is 14.5. The van der Waals surface area contributed by atoms with E-state index >= 15 is 0 Å². The van der Waals surface area contributed by atoms with Gasteiger partial charge in [0.25, 0.3) is 0 Å². The third-order valence-corrected chi connectivity index (χ3v) is 6.07. The second-order valence-electron chi connectivity index (χ2n) is 8.28. The van der Waals surface area contributed by atoms with Crippen LogP contribution in [0, 0.1) is 24.6 Å². The lowest BCUT2D eigenvalue weighted by molar-refractivity contribution is -0.139. The summed E-state index contributed by atoms with van der Waals surface area (Å²) in [6.45, 7) is 2.12. The average molecular weight is 410 g/mol. The number of piperidine rings is 1. The normalized spacial score (nSPS) is 21.2. The summed E-state index contributed by atoms with van der Waals surface area (Å²) in [5, 5.41) is 2.96. The molecule has 1 saturated carbocycles. The number of anilines is 1. The summed E-state index contributed by atoms with van der Waals surface area (Å²) in [6.07, 6.45) is 3.17. The standard InChI is InChI=1S/C24H27FN2O3/c1-15-12-17(8-10-21(15)25)22-11-9-18(14-27(22)24(29)16-6-7-16)23(28)26-19-4-3-5-20(13-19)30-2/h3-5,8,10,12-13,16,18,22H,6-7,9,11,14H2,1-2H3,(H,26,28)/t18-,22+/m1/s1. The van der Waals surface area contributed by atoms with Gasteiger partial charge in [-0.3, -0.25) is 9.59 Å². The van der Waals surface area contributed by atoms with E-state index in [-0.39, 0.29) is 35.5 Å². The average Bonchev–Trinajstić information content (AvgIpc) is 3.60.